The van der Waals surface area contributed by atoms with E-state index in [4.69, 9.17) is 11.0 Å². The lowest BCUT2D eigenvalue weighted by Crippen LogP contribution is -1.99. The number of nitrogens with two attached hydrogens (primary N) is 2. The second-order valence-electron chi connectivity index (χ2n) is 3.62. The summed E-state index contributed by atoms with van der Waals surface area (Å²) in [6.45, 7) is -3.06. The topological polar surface area (TPSA) is 69.1 Å². The zero-order chi connectivity index (χ0) is 13.0. The molecule has 94 valence electrons. The van der Waals surface area contributed by atoms with Gasteiger partial charge in [-0.3, -0.25) is 15.6 Å². The Morgan fingerprint density at radius 3 is 1.83 bits per heavy atom. The van der Waals surface area contributed by atoms with Crippen molar-refractivity contribution in [3.63, 3.8) is 0 Å². The molecule has 2 aromatic carbocycles. The predicted molar refractivity (Wildman–Crippen MR) is 78.8 cm³/mol. The molecule has 4 N–H and O–H groups in total. The summed E-state index contributed by atoms with van der Waals surface area (Å²) in [6.07, 6.45) is 0. The summed E-state index contributed by atoms with van der Waals surface area (Å²) in [4.78, 5) is 3.12. The van der Waals surface area contributed by atoms with Crippen LogP contribution in [0.1, 0.15) is 0 Å². The lowest BCUT2D eigenvalue weighted by Gasteiger charge is -2.06. The van der Waals surface area contributed by atoms with Crippen LogP contribution in [0.15, 0.2) is 69.3 Å². The molecule has 0 heterocycles. The second-order valence-corrected chi connectivity index (χ2v) is 8.97. The first-order valence-corrected chi connectivity index (χ1v) is 9.31. The molecule has 0 fully saturated rings. The highest BCUT2D eigenvalue weighted by Gasteiger charge is 2.10. The van der Waals surface area contributed by atoms with Crippen molar-refractivity contribution in [3.05, 3.63) is 54.6 Å². The molecule has 0 saturated heterocycles. The van der Waals surface area contributed by atoms with Crippen molar-refractivity contribution in [2.45, 2.75) is 14.7 Å². The van der Waals surface area contributed by atoms with Crippen LogP contribution in [0, 0.1) is 0 Å². The van der Waals surface area contributed by atoms with Gasteiger partial charge in [0.05, 0.1) is 0 Å². The SMILES string of the molecule is NP(N)(=O)Sc1ccc(Sc2ccccc2)cc1. The van der Waals surface area contributed by atoms with E-state index in [9.17, 15) is 4.57 Å². The van der Waals surface area contributed by atoms with Crippen molar-refractivity contribution in [1.29, 1.82) is 0 Å². The van der Waals surface area contributed by atoms with Crippen LogP contribution in [0.3, 0.4) is 0 Å². The Morgan fingerprint density at radius 1 is 0.778 bits per heavy atom. The fraction of sp³-hybridized carbons (Fsp3) is 0. The van der Waals surface area contributed by atoms with E-state index in [1.807, 2.05) is 42.5 Å². The van der Waals surface area contributed by atoms with Crippen LogP contribution in [0.2, 0.25) is 0 Å². The molecular weight excluding hydrogens is 283 g/mol. The molecule has 18 heavy (non-hydrogen) atoms. The summed E-state index contributed by atoms with van der Waals surface area (Å²) >= 11 is 2.69. The Hall–Kier alpha value is -0.710. The summed E-state index contributed by atoms with van der Waals surface area (Å²) in [6, 6.07) is 17.8. The molecule has 0 aliphatic carbocycles. The van der Waals surface area contributed by atoms with E-state index in [1.165, 1.54) is 4.90 Å². The highest BCUT2D eigenvalue weighted by atomic mass is 32.7. The minimum atomic E-state index is -3.06. The molecule has 6 heteroatoms. The van der Waals surface area contributed by atoms with Crippen LogP contribution in [-0.4, -0.2) is 0 Å². The fourth-order valence-electron chi connectivity index (χ4n) is 1.36. The minimum absolute atomic E-state index is 0.820. The number of hydrogen-bond donors (Lipinski definition) is 2. The van der Waals surface area contributed by atoms with Crippen LogP contribution in [0.5, 0.6) is 0 Å². The maximum atomic E-state index is 11.3. The average Bonchev–Trinajstić information content (AvgIpc) is 2.31. The lowest BCUT2D eigenvalue weighted by atomic mass is 10.4. The van der Waals surface area contributed by atoms with E-state index in [-0.39, 0.29) is 0 Å². The van der Waals surface area contributed by atoms with Gasteiger partial charge in [-0.2, -0.15) is 0 Å². The second kappa shape index (κ2) is 5.95. The normalized spacial score (nSPS) is 11.4. The molecule has 0 amide bonds. The van der Waals surface area contributed by atoms with Gasteiger partial charge in [0.2, 0.25) is 0 Å². The van der Waals surface area contributed by atoms with E-state index < -0.39 is 6.65 Å². The quantitative estimate of drug-likeness (QED) is 0.836. The van der Waals surface area contributed by atoms with Crippen molar-refractivity contribution in [2.24, 2.45) is 11.0 Å². The first kappa shape index (κ1) is 13.7. The molecule has 0 aliphatic rings. The van der Waals surface area contributed by atoms with Crippen molar-refractivity contribution < 1.29 is 4.57 Å². The maximum Gasteiger partial charge on any atom is 0.265 e. The molecule has 2 rings (SSSR count). The number of hydrogen-bond acceptors (Lipinski definition) is 3. The van der Waals surface area contributed by atoms with E-state index >= 15 is 0 Å². The van der Waals surface area contributed by atoms with Gasteiger partial charge in [-0.25, -0.2) is 0 Å². The van der Waals surface area contributed by atoms with Crippen LogP contribution in [0.25, 0.3) is 0 Å². The van der Waals surface area contributed by atoms with Crippen molar-refractivity contribution in [1.82, 2.24) is 0 Å². The molecule has 3 nitrogen and oxygen atoms in total. The van der Waals surface area contributed by atoms with Crippen LogP contribution in [-0.2, 0) is 4.57 Å². The Bertz CT molecular complexity index is 554. The highest BCUT2D eigenvalue weighted by Crippen LogP contribution is 2.48. The van der Waals surface area contributed by atoms with Gasteiger partial charge in [0, 0.05) is 14.7 Å². The molecule has 0 saturated carbocycles. The molecule has 0 bridgehead atoms. The minimum Gasteiger partial charge on any atom is -0.277 e. The Labute approximate surface area is 115 Å². The molecule has 0 spiro atoms. The number of benzene rings is 2. The van der Waals surface area contributed by atoms with Gasteiger partial charge in [-0.1, -0.05) is 30.0 Å². The van der Waals surface area contributed by atoms with Crippen LogP contribution in [0.4, 0.5) is 0 Å². The average molecular weight is 296 g/mol. The monoisotopic (exact) mass is 296 g/mol. The van der Waals surface area contributed by atoms with Gasteiger partial charge < -0.3 is 0 Å². The van der Waals surface area contributed by atoms with Gasteiger partial charge in [0.25, 0.3) is 6.65 Å². The summed E-state index contributed by atoms with van der Waals surface area (Å²) in [5.41, 5.74) is 10.6. The summed E-state index contributed by atoms with van der Waals surface area (Å²) in [5.74, 6) is 0. The first-order valence-electron chi connectivity index (χ1n) is 5.23. The van der Waals surface area contributed by atoms with Gasteiger partial charge >= 0.3 is 0 Å². The maximum absolute atomic E-state index is 11.3. The summed E-state index contributed by atoms with van der Waals surface area (Å²) < 4.78 is 11.3. The highest BCUT2D eigenvalue weighted by molar-refractivity contribution is 8.56. The van der Waals surface area contributed by atoms with Crippen molar-refractivity contribution in [3.8, 4) is 0 Å². The smallest absolute Gasteiger partial charge is 0.265 e. The van der Waals surface area contributed by atoms with Crippen LogP contribution >= 0.6 is 29.8 Å². The fourth-order valence-corrected chi connectivity index (χ4v) is 4.14. The van der Waals surface area contributed by atoms with E-state index in [2.05, 4.69) is 12.1 Å². The third-order valence-corrected chi connectivity index (χ3v) is 5.32. The van der Waals surface area contributed by atoms with Gasteiger partial charge in [-0.15, -0.1) is 0 Å². The zero-order valence-electron chi connectivity index (χ0n) is 9.52. The lowest BCUT2D eigenvalue weighted by molar-refractivity contribution is 0.587. The zero-order valence-corrected chi connectivity index (χ0v) is 12.1. The Kier molecular flexibility index (Phi) is 4.54. The molecule has 0 aromatic heterocycles. The molecule has 0 radical (unpaired) electrons. The molecule has 0 atom stereocenters. The van der Waals surface area contributed by atoms with Crippen molar-refractivity contribution >= 4 is 29.8 Å². The van der Waals surface area contributed by atoms with Gasteiger partial charge in [-0.05, 0) is 47.8 Å². The van der Waals surface area contributed by atoms with E-state index in [0.29, 0.717) is 0 Å². The number of rotatable bonds is 4. The Balaban J connectivity index is 2.06. The molecular formula is C12H13N2OPS2. The third kappa shape index (κ3) is 4.52. The molecule has 0 aliphatic heterocycles. The van der Waals surface area contributed by atoms with Crippen molar-refractivity contribution in [2.75, 3.05) is 0 Å². The predicted octanol–water partition coefficient (Wildman–Crippen LogP) is 3.96. The summed E-state index contributed by atoms with van der Waals surface area (Å²) in [5, 5.41) is 0. The van der Waals surface area contributed by atoms with Gasteiger partial charge in [0.1, 0.15) is 0 Å². The standard InChI is InChI=1S/C12H13N2OPS2/c13-16(14,15)18-12-8-6-11(7-9-12)17-10-4-2-1-3-5-10/h1-9H,(H4,13,14,15). The first-order chi connectivity index (χ1) is 8.53. The molecule has 2 aromatic rings. The summed E-state index contributed by atoms with van der Waals surface area (Å²) in [7, 11) is 0. The van der Waals surface area contributed by atoms with E-state index in [0.717, 1.165) is 21.2 Å². The molecule has 0 unspecified atom stereocenters. The van der Waals surface area contributed by atoms with E-state index in [1.54, 1.807) is 11.8 Å². The Morgan fingerprint density at radius 2 is 1.28 bits per heavy atom. The van der Waals surface area contributed by atoms with Crippen LogP contribution < -0.4 is 11.0 Å². The van der Waals surface area contributed by atoms with Gasteiger partial charge in [0.15, 0.2) is 0 Å². The largest absolute Gasteiger partial charge is 0.277 e. The third-order valence-electron chi connectivity index (χ3n) is 2.05.